The molecule has 1 aliphatic carbocycles. The quantitative estimate of drug-likeness (QED) is 0.500. The maximum absolute atomic E-state index is 12.8. The fourth-order valence-corrected chi connectivity index (χ4v) is 4.55. The molecule has 1 N–H and O–H groups in total. The standard InChI is InChI=1S/C24H33N7O2/c1-4-30(5-2)16-8-15-25-18-13-11-17(12-14-18)21-26-20-22(28-27-21)31(19-9-6-7-10-19)24(33)29(3)23(20)32/h11-14,19,25H,4-10,15-16H2,1-3H3. The van der Waals surface area contributed by atoms with E-state index >= 15 is 0 Å². The van der Waals surface area contributed by atoms with Crippen LogP contribution in [0.15, 0.2) is 33.9 Å². The molecule has 9 nitrogen and oxygen atoms in total. The van der Waals surface area contributed by atoms with Crippen molar-refractivity contribution in [3.8, 4) is 11.4 Å². The largest absolute Gasteiger partial charge is 0.385 e. The van der Waals surface area contributed by atoms with Gasteiger partial charge in [0.05, 0.1) is 0 Å². The second-order valence-electron chi connectivity index (χ2n) is 8.65. The van der Waals surface area contributed by atoms with E-state index < -0.39 is 5.56 Å². The molecule has 1 aliphatic rings. The lowest BCUT2D eigenvalue weighted by Crippen LogP contribution is -2.40. The van der Waals surface area contributed by atoms with Crippen LogP contribution in [0.5, 0.6) is 0 Å². The highest BCUT2D eigenvalue weighted by Crippen LogP contribution is 2.29. The molecule has 1 fully saturated rings. The predicted molar refractivity (Wildman–Crippen MR) is 131 cm³/mol. The van der Waals surface area contributed by atoms with Crippen LogP contribution >= 0.6 is 0 Å². The summed E-state index contributed by atoms with van der Waals surface area (Å²) in [4.78, 5) is 32.5. The number of aromatic nitrogens is 5. The van der Waals surface area contributed by atoms with Crippen LogP contribution < -0.4 is 16.6 Å². The number of rotatable bonds is 9. The lowest BCUT2D eigenvalue weighted by atomic mass is 10.2. The van der Waals surface area contributed by atoms with Gasteiger partial charge < -0.3 is 10.2 Å². The van der Waals surface area contributed by atoms with Crippen molar-refractivity contribution in [3.63, 3.8) is 0 Å². The van der Waals surface area contributed by atoms with Crippen molar-refractivity contribution in [2.75, 3.05) is 31.5 Å². The van der Waals surface area contributed by atoms with E-state index in [1.165, 1.54) is 7.05 Å². The van der Waals surface area contributed by atoms with E-state index in [0.29, 0.717) is 5.82 Å². The summed E-state index contributed by atoms with van der Waals surface area (Å²) in [5, 5.41) is 12.0. The van der Waals surface area contributed by atoms with Crippen molar-refractivity contribution >= 4 is 16.9 Å². The molecule has 0 aliphatic heterocycles. The molecule has 0 radical (unpaired) electrons. The zero-order valence-corrected chi connectivity index (χ0v) is 19.8. The van der Waals surface area contributed by atoms with Crippen LogP contribution in [0.25, 0.3) is 22.6 Å². The Hall–Kier alpha value is -3.07. The second kappa shape index (κ2) is 10.2. The molecular weight excluding hydrogens is 418 g/mol. The molecule has 176 valence electrons. The van der Waals surface area contributed by atoms with Crippen LogP contribution in [-0.2, 0) is 7.05 Å². The number of anilines is 1. The molecule has 0 unspecified atom stereocenters. The minimum atomic E-state index is -0.438. The van der Waals surface area contributed by atoms with Crippen molar-refractivity contribution in [2.24, 2.45) is 7.05 Å². The van der Waals surface area contributed by atoms with Gasteiger partial charge in [0.15, 0.2) is 17.0 Å². The Balaban J connectivity index is 1.55. The fourth-order valence-electron chi connectivity index (χ4n) is 4.55. The lowest BCUT2D eigenvalue weighted by molar-refractivity contribution is 0.303. The predicted octanol–water partition coefficient (Wildman–Crippen LogP) is 2.81. The van der Waals surface area contributed by atoms with Crippen LogP contribution in [0.1, 0.15) is 52.0 Å². The van der Waals surface area contributed by atoms with E-state index in [9.17, 15) is 9.59 Å². The monoisotopic (exact) mass is 451 g/mol. The van der Waals surface area contributed by atoms with Crippen molar-refractivity contribution in [3.05, 3.63) is 45.1 Å². The number of nitrogens with zero attached hydrogens (tertiary/aromatic N) is 6. The van der Waals surface area contributed by atoms with Crippen molar-refractivity contribution in [2.45, 2.75) is 52.0 Å². The van der Waals surface area contributed by atoms with Gasteiger partial charge in [-0.1, -0.05) is 26.7 Å². The number of fused-ring (bicyclic) bond motifs is 1. The number of hydrogen-bond donors (Lipinski definition) is 1. The summed E-state index contributed by atoms with van der Waals surface area (Å²) >= 11 is 0. The summed E-state index contributed by atoms with van der Waals surface area (Å²) in [5.74, 6) is 0.379. The van der Waals surface area contributed by atoms with Gasteiger partial charge in [0.1, 0.15) is 0 Å². The SMILES string of the molecule is CCN(CC)CCCNc1ccc(-c2nnc3c(n2)c(=O)n(C)c(=O)n3C2CCCC2)cc1. The van der Waals surface area contributed by atoms with Gasteiger partial charge in [-0.3, -0.25) is 13.9 Å². The molecule has 2 heterocycles. The average molecular weight is 452 g/mol. The van der Waals surface area contributed by atoms with Gasteiger partial charge >= 0.3 is 5.69 Å². The van der Waals surface area contributed by atoms with E-state index in [2.05, 4.69) is 39.2 Å². The van der Waals surface area contributed by atoms with Gasteiger partial charge in [-0.2, -0.15) is 0 Å². The molecule has 4 rings (SSSR count). The Morgan fingerprint density at radius 3 is 2.42 bits per heavy atom. The first-order chi connectivity index (χ1) is 16.0. The molecule has 0 spiro atoms. The van der Waals surface area contributed by atoms with Gasteiger partial charge in [-0.05, 0) is 63.2 Å². The summed E-state index contributed by atoms with van der Waals surface area (Å²) in [6, 6.07) is 7.86. The zero-order valence-electron chi connectivity index (χ0n) is 19.8. The minimum absolute atomic E-state index is 0.0424. The molecule has 9 heteroatoms. The highest BCUT2D eigenvalue weighted by Gasteiger charge is 2.24. The van der Waals surface area contributed by atoms with Crippen LogP contribution in [0.2, 0.25) is 0 Å². The Bertz CT molecular complexity index is 1210. The van der Waals surface area contributed by atoms with E-state index in [4.69, 9.17) is 0 Å². The van der Waals surface area contributed by atoms with Crippen molar-refractivity contribution in [1.29, 1.82) is 0 Å². The average Bonchev–Trinajstić information content (AvgIpc) is 3.38. The van der Waals surface area contributed by atoms with E-state index in [-0.39, 0.29) is 22.9 Å². The topological polar surface area (TPSA) is 97.9 Å². The first-order valence-corrected chi connectivity index (χ1v) is 12.0. The van der Waals surface area contributed by atoms with Crippen LogP contribution in [0.3, 0.4) is 0 Å². The normalized spacial score (nSPS) is 14.4. The number of nitrogens with one attached hydrogen (secondary N) is 1. The Morgan fingerprint density at radius 1 is 1.06 bits per heavy atom. The Labute approximate surface area is 193 Å². The number of hydrogen-bond acceptors (Lipinski definition) is 7. The molecule has 2 aromatic heterocycles. The fraction of sp³-hybridized carbons (Fsp3) is 0.542. The minimum Gasteiger partial charge on any atom is -0.385 e. The van der Waals surface area contributed by atoms with Crippen molar-refractivity contribution < 1.29 is 0 Å². The smallest absolute Gasteiger partial charge is 0.332 e. The molecule has 0 bridgehead atoms. The maximum atomic E-state index is 12.8. The van der Waals surface area contributed by atoms with Gasteiger partial charge in [-0.15, -0.1) is 10.2 Å². The molecule has 1 saturated carbocycles. The molecule has 0 saturated heterocycles. The molecule has 33 heavy (non-hydrogen) atoms. The van der Waals surface area contributed by atoms with E-state index in [1.807, 2.05) is 24.3 Å². The first-order valence-electron chi connectivity index (χ1n) is 12.0. The van der Waals surface area contributed by atoms with Gasteiger partial charge in [0.25, 0.3) is 5.56 Å². The van der Waals surface area contributed by atoms with Crippen LogP contribution in [0, 0.1) is 0 Å². The summed E-state index contributed by atoms with van der Waals surface area (Å²) in [7, 11) is 1.50. The van der Waals surface area contributed by atoms with Gasteiger partial charge in [0, 0.05) is 30.9 Å². The Kier molecular flexibility index (Phi) is 7.17. The van der Waals surface area contributed by atoms with E-state index in [1.54, 1.807) is 4.57 Å². The van der Waals surface area contributed by atoms with Gasteiger partial charge in [-0.25, -0.2) is 9.78 Å². The van der Waals surface area contributed by atoms with Gasteiger partial charge in [0.2, 0.25) is 0 Å². The summed E-state index contributed by atoms with van der Waals surface area (Å²) < 4.78 is 2.74. The molecule has 0 atom stereocenters. The molecule has 0 amide bonds. The lowest BCUT2D eigenvalue weighted by Gasteiger charge is -2.18. The highest BCUT2D eigenvalue weighted by molar-refractivity contribution is 5.71. The summed E-state index contributed by atoms with van der Waals surface area (Å²) in [6.45, 7) is 8.50. The molecular formula is C24H33N7O2. The van der Waals surface area contributed by atoms with E-state index in [0.717, 1.165) is 74.1 Å². The number of benzene rings is 1. The van der Waals surface area contributed by atoms with Crippen LogP contribution in [0.4, 0.5) is 5.69 Å². The summed E-state index contributed by atoms with van der Waals surface area (Å²) in [5.41, 5.74) is 1.49. The molecule has 3 aromatic rings. The second-order valence-corrected chi connectivity index (χ2v) is 8.65. The first kappa shape index (κ1) is 23.1. The molecule has 1 aromatic carbocycles. The third kappa shape index (κ3) is 4.83. The van der Waals surface area contributed by atoms with Crippen LogP contribution in [-0.4, -0.2) is 55.4 Å². The Morgan fingerprint density at radius 2 is 1.76 bits per heavy atom. The van der Waals surface area contributed by atoms with Crippen molar-refractivity contribution in [1.82, 2.24) is 29.2 Å². The zero-order chi connectivity index (χ0) is 23.4. The third-order valence-electron chi connectivity index (χ3n) is 6.60. The highest BCUT2D eigenvalue weighted by atomic mass is 16.2. The summed E-state index contributed by atoms with van der Waals surface area (Å²) in [6.07, 6.45) is 5.01. The maximum Gasteiger partial charge on any atom is 0.332 e. The third-order valence-corrected chi connectivity index (χ3v) is 6.60.